The Bertz CT molecular complexity index is 1440. The number of ether oxygens (including phenoxy) is 2. The summed E-state index contributed by atoms with van der Waals surface area (Å²) >= 11 is 0. The number of primary sulfonamides is 1. The van der Waals surface area contributed by atoms with Gasteiger partial charge in [0.15, 0.2) is 0 Å². The van der Waals surface area contributed by atoms with Crippen molar-refractivity contribution in [2.24, 2.45) is 5.14 Å². The summed E-state index contributed by atoms with van der Waals surface area (Å²) in [6.07, 6.45) is 0.786. The summed E-state index contributed by atoms with van der Waals surface area (Å²) < 4.78 is 34.2. The molecule has 0 atom stereocenters. The quantitative estimate of drug-likeness (QED) is 0.499. The Balaban J connectivity index is 1.40. The highest BCUT2D eigenvalue weighted by Crippen LogP contribution is 2.36. The second-order valence-corrected chi connectivity index (χ2v) is 10.8. The van der Waals surface area contributed by atoms with Crippen molar-refractivity contribution in [1.29, 1.82) is 0 Å². The van der Waals surface area contributed by atoms with E-state index >= 15 is 0 Å². The molecule has 3 heterocycles. The molecule has 0 radical (unpaired) electrons. The number of hydrogen-bond donors (Lipinski definition) is 2. The fourth-order valence-corrected chi connectivity index (χ4v) is 5.31. The topological polar surface area (TPSA) is 157 Å². The highest BCUT2D eigenvalue weighted by molar-refractivity contribution is 7.89. The molecule has 2 fully saturated rings. The number of rotatable bonds is 4. The molecule has 38 heavy (non-hydrogen) atoms. The molecule has 0 unspecified atom stereocenters. The van der Waals surface area contributed by atoms with Crippen LogP contribution in [0.15, 0.2) is 41.3 Å². The lowest BCUT2D eigenvalue weighted by Crippen LogP contribution is -2.49. The van der Waals surface area contributed by atoms with Gasteiger partial charge in [-0.2, -0.15) is 4.98 Å². The van der Waals surface area contributed by atoms with Gasteiger partial charge in [0.1, 0.15) is 11.6 Å². The van der Waals surface area contributed by atoms with Crippen LogP contribution in [-0.2, 0) is 14.8 Å². The first-order valence-electron chi connectivity index (χ1n) is 12.4. The van der Waals surface area contributed by atoms with Crippen molar-refractivity contribution in [2.45, 2.75) is 11.3 Å². The molecule has 5 rings (SSSR count). The molecule has 1 aromatic heterocycles. The van der Waals surface area contributed by atoms with E-state index in [2.05, 4.69) is 9.88 Å². The third-order valence-corrected chi connectivity index (χ3v) is 7.79. The van der Waals surface area contributed by atoms with Crippen LogP contribution in [0.5, 0.6) is 5.75 Å². The van der Waals surface area contributed by atoms with E-state index in [4.69, 9.17) is 25.3 Å². The molecule has 0 spiro atoms. The Hall–Kier alpha value is -3.68. The average Bonchev–Trinajstić information content (AvgIpc) is 3.18. The van der Waals surface area contributed by atoms with Gasteiger partial charge in [-0.05, 0) is 30.2 Å². The van der Waals surface area contributed by atoms with Crippen LogP contribution >= 0.6 is 0 Å². The smallest absolute Gasteiger partial charge is 0.320 e. The summed E-state index contributed by atoms with van der Waals surface area (Å²) in [7, 11) is -2.24. The number of anilines is 2. The number of benzene rings is 2. The number of methoxy groups -OCH3 is 1. The standard InChI is InChI=1S/C25H31N7O5S/c1-36-22-16-21-20(15-19(22)17-3-5-18(6-4-17)38(27,34)35)23(26)29-24(28-21)30-7-2-8-31(10-9-30)25(33)32-11-13-37-14-12-32/h3-6,15-16H,2,7-14H2,1H3,(H2,26,28,29)(H2,27,34,35). The second-order valence-electron chi connectivity index (χ2n) is 9.26. The van der Waals surface area contributed by atoms with Gasteiger partial charge in [0, 0.05) is 56.3 Å². The van der Waals surface area contributed by atoms with Gasteiger partial charge in [-0.1, -0.05) is 12.1 Å². The second kappa shape index (κ2) is 10.6. The van der Waals surface area contributed by atoms with E-state index < -0.39 is 10.0 Å². The number of hydrogen-bond acceptors (Lipinski definition) is 9. The van der Waals surface area contributed by atoms with E-state index in [1.165, 1.54) is 12.1 Å². The maximum absolute atomic E-state index is 12.9. The first-order valence-corrected chi connectivity index (χ1v) is 13.9. The van der Waals surface area contributed by atoms with Crippen molar-refractivity contribution in [3.63, 3.8) is 0 Å². The molecule has 3 aromatic rings. The van der Waals surface area contributed by atoms with Crippen molar-refractivity contribution in [3.05, 3.63) is 36.4 Å². The van der Waals surface area contributed by atoms with E-state index in [0.29, 0.717) is 80.9 Å². The number of carbonyl (C=O) groups is 1. The molecule has 2 aromatic carbocycles. The van der Waals surface area contributed by atoms with Crippen molar-refractivity contribution < 1.29 is 22.7 Å². The minimum absolute atomic E-state index is 0.0242. The van der Waals surface area contributed by atoms with Crippen LogP contribution in [0.1, 0.15) is 6.42 Å². The van der Waals surface area contributed by atoms with Gasteiger partial charge in [0.2, 0.25) is 16.0 Å². The minimum Gasteiger partial charge on any atom is -0.496 e. The Labute approximate surface area is 221 Å². The summed E-state index contributed by atoms with van der Waals surface area (Å²) in [5.41, 5.74) is 8.47. The molecule has 0 saturated carbocycles. The van der Waals surface area contributed by atoms with Gasteiger partial charge < -0.3 is 29.9 Å². The number of nitrogen functional groups attached to an aromatic ring is 1. The molecule has 12 nitrogen and oxygen atoms in total. The highest BCUT2D eigenvalue weighted by Gasteiger charge is 2.26. The number of nitrogens with two attached hydrogens (primary N) is 2. The Morgan fingerprint density at radius 3 is 2.37 bits per heavy atom. The van der Waals surface area contributed by atoms with Crippen LogP contribution in [0, 0.1) is 0 Å². The molecule has 2 aliphatic rings. The Morgan fingerprint density at radius 2 is 1.68 bits per heavy atom. The molecule has 4 N–H and O–H groups in total. The maximum atomic E-state index is 12.9. The molecule has 2 aliphatic heterocycles. The lowest BCUT2D eigenvalue weighted by atomic mass is 10.0. The van der Waals surface area contributed by atoms with E-state index in [-0.39, 0.29) is 10.9 Å². The van der Waals surface area contributed by atoms with E-state index in [0.717, 1.165) is 17.5 Å². The number of urea groups is 1. The number of amides is 2. The molecule has 2 amide bonds. The molecular weight excluding hydrogens is 510 g/mol. The van der Waals surface area contributed by atoms with Crippen molar-refractivity contribution in [2.75, 3.05) is 70.2 Å². The first kappa shape index (κ1) is 25.9. The van der Waals surface area contributed by atoms with Crippen molar-refractivity contribution >= 4 is 38.7 Å². The van der Waals surface area contributed by atoms with E-state index in [9.17, 15) is 13.2 Å². The predicted molar refractivity (Wildman–Crippen MR) is 144 cm³/mol. The van der Waals surface area contributed by atoms with E-state index in [1.54, 1.807) is 25.3 Å². The molecule has 202 valence electrons. The lowest BCUT2D eigenvalue weighted by Gasteiger charge is -2.32. The number of morpholine rings is 1. The fraction of sp³-hybridized carbons (Fsp3) is 0.400. The number of aromatic nitrogens is 2. The van der Waals surface area contributed by atoms with Gasteiger partial charge in [0.25, 0.3) is 0 Å². The van der Waals surface area contributed by atoms with Gasteiger partial charge in [-0.3, -0.25) is 0 Å². The third-order valence-electron chi connectivity index (χ3n) is 6.86. The number of fused-ring (bicyclic) bond motifs is 1. The fourth-order valence-electron chi connectivity index (χ4n) is 4.79. The highest BCUT2D eigenvalue weighted by atomic mass is 32.2. The van der Waals surface area contributed by atoms with Gasteiger partial charge in [-0.25, -0.2) is 23.3 Å². The third kappa shape index (κ3) is 5.30. The summed E-state index contributed by atoms with van der Waals surface area (Å²) in [6, 6.07) is 9.90. The first-order chi connectivity index (χ1) is 18.2. The normalized spacial score (nSPS) is 16.9. The van der Waals surface area contributed by atoms with Crippen LogP contribution < -0.4 is 20.5 Å². The van der Waals surface area contributed by atoms with Crippen LogP contribution in [0.3, 0.4) is 0 Å². The van der Waals surface area contributed by atoms with Crippen LogP contribution in [0.25, 0.3) is 22.0 Å². The molecule has 13 heteroatoms. The molecular formula is C25H31N7O5S. The minimum atomic E-state index is -3.80. The SMILES string of the molecule is COc1cc2nc(N3CCCN(C(=O)N4CCOCC4)CC3)nc(N)c2cc1-c1ccc(S(N)(=O)=O)cc1. The van der Waals surface area contributed by atoms with Crippen molar-refractivity contribution in [1.82, 2.24) is 19.8 Å². The summed E-state index contributed by atoms with van der Waals surface area (Å²) in [4.78, 5) is 28.1. The van der Waals surface area contributed by atoms with Gasteiger partial charge in [0.05, 0.1) is 30.7 Å². The Morgan fingerprint density at radius 1 is 0.974 bits per heavy atom. The largest absolute Gasteiger partial charge is 0.496 e. The maximum Gasteiger partial charge on any atom is 0.320 e. The number of sulfonamides is 1. The lowest BCUT2D eigenvalue weighted by molar-refractivity contribution is 0.0438. The van der Waals surface area contributed by atoms with Crippen LogP contribution in [0.2, 0.25) is 0 Å². The zero-order valence-electron chi connectivity index (χ0n) is 21.2. The van der Waals surface area contributed by atoms with E-state index in [1.807, 2.05) is 15.9 Å². The van der Waals surface area contributed by atoms with Gasteiger partial charge in [-0.15, -0.1) is 0 Å². The van der Waals surface area contributed by atoms with Crippen molar-refractivity contribution in [3.8, 4) is 16.9 Å². The summed E-state index contributed by atoms with van der Waals surface area (Å²) in [5, 5.41) is 5.87. The molecule has 0 bridgehead atoms. The number of nitrogens with zero attached hydrogens (tertiary/aromatic N) is 5. The van der Waals surface area contributed by atoms with Crippen LogP contribution in [0.4, 0.5) is 16.6 Å². The monoisotopic (exact) mass is 541 g/mol. The molecule has 0 aliphatic carbocycles. The summed E-state index contributed by atoms with van der Waals surface area (Å²) in [6.45, 7) is 4.89. The predicted octanol–water partition coefficient (Wildman–Crippen LogP) is 1.50. The van der Waals surface area contributed by atoms with Gasteiger partial charge >= 0.3 is 6.03 Å². The Kier molecular flexibility index (Phi) is 7.23. The molecule has 2 saturated heterocycles. The zero-order valence-corrected chi connectivity index (χ0v) is 22.0. The summed E-state index contributed by atoms with van der Waals surface area (Å²) in [5.74, 6) is 1.38. The zero-order chi connectivity index (χ0) is 26.9. The number of carbonyl (C=O) groups excluding carboxylic acids is 1. The van der Waals surface area contributed by atoms with Crippen LogP contribution in [-0.4, -0.2) is 93.8 Å². The average molecular weight is 542 g/mol.